The van der Waals surface area contributed by atoms with Gasteiger partial charge in [-0.2, -0.15) is 0 Å². The van der Waals surface area contributed by atoms with Crippen molar-refractivity contribution in [3.63, 3.8) is 0 Å². The molecule has 1 atom stereocenters. The third-order valence-electron chi connectivity index (χ3n) is 1.56. The number of carboxylic acids is 1. The lowest BCUT2D eigenvalue weighted by atomic mass is 9.87. The lowest BCUT2D eigenvalue weighted by Gasteiger charge is -2.18. The summed E-state index contributed by atoms with van der Waals surface area (Å²) in [5.74, 6) is 0.0262. The van der Waals surface area contributed by atoms with Gasteiger partial charge in [-0.25, -0.2) is 0 Å². The Labute approximate surface area is 70.5 Å². The molecular weight excluding hydrogens is 160 g/mol. The van der Waals surface area contributed by atoms with E-state index in [1.165, 1.54) is 6.92 Å². The van der Waals surface area contributed by atoms with E-state index >= 15 is 0 Å². The first-order valence-corrected chi connectivity index (χ1v) is 3.24. The van der Waals surface area contributed by atoms with Crippen LogP contribution in [-0.4, -0.2) is 24.2 Å². The molecule has 0 bridgehead atoms. The Hall–Kier alpha value is -1.50. The summed E-state index contributed by atoms with van der Waals surface area (Å²) in [4.78, 5) is 21.6. The fraction of sp³-hybridized carbons (Fsp3) is 0.500. The number of ether oxygens (including phenoxy) is 1. The molecule has 0 aromatic carbocycles. The number of carboxylic acid groups (broad SMARTS) is 1. The van der Waals surface area contributed by atoms with Gasteiger partial charge in [-0.05, 0) is 6.92 Å². The molecule has 0 aliphatic heterocycles. The van der Waals surface area contributed by atoms with Crippen LogP contribution in [0.3, 0.4) is 0 Å². The second-order valence-electron chi connectivity index (χ2n) is 2.51. The number of hydrogen-bond acceptors (Lipinski definition) is 3. The molecule has 0 saturated carbocycles. The van der Waals surface area contributed by atoms with E-state index in [1.54, 1.807) is 0 Å². The van der Waals surface area contributed by atoms with Gasteiger partial charge < -0.3 is 9.84 Å². The van der Waals surface area contributed by atoms with Crippen LogP contribution in [0.15, 0.2) is 0 Å². The predicted molar refractivity (Wildman–Crippen MR) is 41.2 cm³/mol. The number of methoxy groups -OCH3 is 1. The highest BCUT2D eigenvalue weighted by Crippen LogP contribution is 2.22. The van der Waals surface area contributed by atoms with Crippen LogP contribution in [0.2, 0.25) is 0 Å². The molecule has 0 aromatic heterocycles. The molecule has 0 spiro atoms. The van der Waals surface area contributed by atoms with Crippen LogP contribution in [0.5, 0.6) is 0 Å². The first kappa shape index (κ1) is 10.5. The van der Waals surface area contributed by atoms with Crippen LogP contribution in [0, 0.1) is 17.8 Å². The van der Waals surface area contributed by atoms with Crippen molar-refractivity contribution in [2.75, 3.05) is 7.11 Å². The van der Waals surface area contributed by atoms with Crippen molar-refractivity contribution in [3.8, 4) is 12.3 Å². The molecule has 66 valence electrons. The summed E-state index contributed by atoms with van der Waals surface area (Å²) < 4.78 is 4.31. The van der Waals surface area contributed by atoms with E-state index in [0.717, 1.165) is 7.11 Å². The zero-order valence-electron chi connectivity index (χ0n) is 6.96. The number of hydrogen-bond donors (Lipinski definition) is 1. The highest BCUT2D eigenvalue weighted by molar-refractivity contribution is 5.98. The topological polar surface area (TPSA) is 63.6 Å². The largest absolute Gasteiger partial charge is 0.480 e. The van der Waals surface area contributed by atoms with Gasteiger partial charge in [0.15, 0.2) is 5.41 Å². The molecule has 4 nitrogen and oxygen atoms in total. The van der Waals surface area contributed by atoms with Gasteiger partial charge in [0.2, 0.25) is 0 Å². The second kappa shape index (κ2) is 3.77. The van der Waals surface area contributed by atoms with E-state index in [4.69, 9.17) is 11.5 Å². The monoisotopic (exact) mass is 170 g/mol. The molecular formula is C8H10O4. The molecule has 0 aliphatic rings. The van der Waals surface area contributed by atoms with Gasteiger partial charge in [-0.3, -0.25) is 9.59 Å². The first-order chi connectivity index (χ1) is 5.49. The van der Waals surface area contributed by atoms with Crippen molar-refractivity contribution in [2.45, 2.75) is 13.3 Å². The Bertz CT molecular complexity index is 238. The maximum absolute atomic E-state index is 11.0. The third-order valence-corrected chi connectivity index (χ3v) is 1.56. The lowest BCUT2D eigenvalue weighted by Crippen LogP contribution is -2.37. The van der Waals surface area contributed by atoms with Crippen LogP contribution < -0.4 is 0 Å². The van der Waals surface area contributed by atoms with E-state index < -0.39 is 17.4 Å². The van der Waals surface area contributed by atoms with Crippen LogP contribution in [0.25, 0.3) is 0 Å². The Balaban J connectivity index is 4.76. The Kier molecular flexibility index (Phi) is 3.30. The molecule has 0 saturated heterocycles. The Morgan fingerprint density at radius 2 is 2.17 bits per heavy atom. The van der Waals surface area contributed by atoms with Gasteiger partial charge in [0.05, 0.1) is 7.11 Å². The standard InChI is InChI=1S/C8H10O4/c1-4-5-8(2,6(9)10)7(11)12-3/h1H,5H2,2-3H3,(H,9,10). The molecule has 4 heteroatoms. The van der Waals surface area contributed by atoms with Crippen molar-refractivity contribution in [2.24, 2.45) is 5.41 Å². The second-order valence-corrected chi connectivity index (χ2v) is 2.51. The van der Waals surface area contributed by atoms with E-state index in [1.807, 2.05) is 0 Å². The zero-order valence-corrected chi connectivity index (χ0v) is 6.96. The predicted octanol–water partition coefficient (Wildman–Crippen LogP) is 0.274. The van der Waals surface area contributed by atoms with Crippen molar-refractivity contribution in [3.05, 3.63) is 0 Å². The average molecular weight is 170 g/mol. The summed E-state index contributed by atoms with van der Waals surface area (Å²) in [6, 6.07) is 0. The van der Waals surface area contributed by atoms with Crippen LogP contribution in [0.4, 0.5) is 0 Å². The Morgan fingerprint density at radius 3 is 2.42 bits per heavy atom. The van der Waals surface area contributed by atoms with Crippen molar-refractivity contribution in [1.82, 2.24) is 0 Å². The number of rotatable bonds is 3. The summed E-state index contributed by atoms with van der Waals surface area (Å²) in [7, 11) is 1.13. The van der Waals surface area contributed by atoms with Gasteiger partial charge in [0, 0.05) is 6.42 Å². The average Bonchev–Trinajstić information content (AvgIpc) is 2.03. The molecule has 1 unspecified atom stereocenters. The van der Waals surface area contributed by atoms with Gasteiger partial charge in [0.1, 0.15) is 0 Å². The van der Waals surface area contributed by atoms with E-state index in [2.05, 4.69) is 10.7 Å². The van der Waals surface area contributed by atoms with E-state index in [-0.39, 0.29) is 6.42 Å². The van der Waals surface area contributed by atoms with Crippen molar-refractivity contribution in [1.29, 1.82) is 0 Å². The summed E-state index contributed by atoms with van der Waals surface area (Å²) in [5.41, 5.74) is -1.62. The van der Waals surface area contributed by atoms with Crippen LogP contribution >= 0.6 is 0 Å². The van der Waals surface area contributed by atoms with Crippen LogP contribution in [0.1, 0.15) is 13.3 Å². The molecule has 0 heterocycles. The molecule has 0 aromatic rings. The van der Waals surface area contributed by atoms with Gasteiger partial charge in [-0.1, -0.05) is 0 Å². The van der Waals surface area contributed by atoms with Crippen LogP contribution in [-0.2, 0) is 14.3 Å². The van der Waals surface area contributed by atoms with Crippen molar-refractivity contribution >= 4 is 11.9 Å². The number of esters is 1. The van der Waals surface area contributed by atoms with Gasteiger partial charge in [-0.15, -0.1) is 12.3 Å². The third kappa shape index (κ3) is 1.76. The molecule has 12 heavy (non-hydrogen) atoms. The van der Waals surface area contributed by atoms with E-state index in [9.17, 15) is 9.59 Å². The molecule has 0 amide bonds. The minimum atomic E-state index is -1.62. The summed E-state index contributed by atoms with van der Waals surface area (Å²) >= 11 is 0. The number of carbonyl (C=O) groups is 2. The summed E-state index contributed by atoms with van der Waals surface area (Å²) in [6.07, 6.45) is 4.75. The Morgan fingerprint density at radius 1 is 1.67 bits per heavy atom. The maximum atomic E-state index is 11.0. The van der Waals surface area contributed by atoms with E-state index in [0.29, 0.717) is 0 Å². The quantitative estimate of drug-likeness (QED) is 0.375. The maximum Gasteiger partial charge on any atom is 0.323 e. The molecule has 0 aliphatic carbocycles. The molecule has 0 radical (unpaired) electrons. The number of aliphatic carboxylic acids is 1. The highest BCUT2D eigenvalue weighted by Gasteiger charge is 2.41. The lowest BCUT2D eigenvalue weighted by molar-refractivity contribution is -0.165. The minimum absolute atomic E-state index is 0.172. The fourth-order valence-electron chi connectivity index (χ4n) is 0.664. The van der Waals surface area contributed by atoms with Gasteiger partial charge in [0.25, 0.3) is 0 Å². The van der Waals surface area contributed by atoms with Gasteiger partial charge >= 0.3 is 11.9 Å². The first-order valence-electron chi connectivity index (χ1n) is 3.24. The molecule has 0 fully saturated rings. The minimum Gasteiger partial charge on any atom is -0.480 e. The fourth-order valence-corrected chi connectivity index (χ4v) is 0.664. The summed E-state index contributed by atoms with van der Waals surface area (Å²) in [6.45, 7) is 1.24. The summed E-state index contributed by atoms with van der Waals surface area (Å²) in [5, 5.41) is 8.67. The number of carbonyl (C=O) groups excluding carboxylic acids is 1. The van der Waals surface area contributed by atoms with Crippen molar-refractivity contribution < 1.29 is 19.4 Å². The molecule has 0 rings (SSSR count). The SMILES string of the molecule is C#CCC(C)(C(=O)O)C(=O)OC. The normalized spacial score (nSPS) is 14.1. The number of terminal acetylenes is 1. The molecule has 1 N–H and O–H groups in total. The zero-order chi connectivity index (χ0) is 9.78. The smallest absolute Gasteiger partial charge is 0.323 e. The highest BCUT2D eigenvalue weighted by atomic mass is 16.5.